The zero-order valence-electron chi connectivity index (χ0n) is 14.7. The Kier molecular flexibility index (Phi) is 9.42. The van der Waals surface area contributed by atoms with Crippen LogP contribution in [0.1, 0.15) is 87.1 Å². The van der Waals surface area contributed by atoms with Crippen LogP contribution in [0.5, 0.6) is 5.75 Å². The number of carboxylic acid groups (broad SMARTS) is 1. The lowest BCUT2D eigenvalue weighted by Gasteiger charge is -1.99. The van der Waals surface area contributed by atoms with Crippen LogP contribution in [0.4, 0.5) is 0 Å². The first-order valence-corrected chi connectivity index (χ1v) is 9.07. The van der Waals surface area contributed by atoms with E-state index in [1.165, 1.54) is 76.3 Å². The minimum Gasteiger partial charge on any atom is -0.507 e. The maximum atomic E-state index is 10.4. The summed E-state index contributed by atoms with van der Waals surface area (Å²) in [5.74, 6) is -0.144. The van der Waals surface area contributed by atoms with E-state index in [4.69, 9.17) is 10.2 Å². The second kappa shape index (κ2) is 11.1. The van der Waals surface area contributed by atoms with Gasteiger partial charge in [-0.3, -0.25) is 0 Å². The minimum absolute atomic E-state index is 0.0509. The fourth-order valence-corrected chi connectivity index (χ4v) is 2.62. The summed E-state index contributed by atoms with van der Waals surface area (Å²) in [6.07, 6.45) is 14.9. The first kappa shape index (κ1) is 19.5. The van der Waals surface area contributed by atoms with Crippen molar-refractivity contribution in [1.82, 2.24) is 0 Å². The molecule has 1 fully saturated rings. The predicted octanol–water partition coefficient (Wildman–Crippen LogP) is 5.94. The molecule has 0 atom stereocenters. The molecule has 0 aliphatic heterocycles. The van der Waals surface area contributed by atoms with Gasteiger partial charge in [0.1, 0.15) is 11.3 Å². The van der Waals surface area contributed by atoms with E-state index in [1.807, 2.05) is 0 Å². The molecule has 0 heterocycles. The van der Waals surface area contributed by atoms with Gasteiger partial charge in [0, 0.05) is 0 Å². The van der Waals surface area contributed by atoms with Crippen molar-refractivity contribution in [3.05, 3.63) is 29.3 Å². The Balaban J connectivity index is 0.000000231. The van der Waals surface area contributed by atoms with Gasteiger partial charge < -0.3 is 10.2 Å². The predicted molar refractivity (Wildman–Crippen MR) is 95.1 cm³/mol. The monoisotopic (exact) mass is 320 g/mol. The lowest BCUT2D eigenvalue weighted by molar-refractivity contribution is 0.0693. The van der Waals surface area contributed by atoms with Gasteiger partial charge in [0.05, 0.1) is 0 Å². The Labute approximate surface area is 140 Å². The molecule has 23 heavy (non-hydrogen) atoms. The van der Waals surface area contributed by atoms with Crippen LogP contribution in [0.25, 0.3) is 0 Å². The second-order valence-electron chi connectivity index (χ2n) is 6.68. The highest BCUT2D eigenvalue weighted by Gasteiger charge is 2.19. The largest absolute Gasteiger partial charge is 0.507 e. The average molecular weight is 320 g/mol. The average Bonchev–Trinajstić information content (AvgIpc) is 3.33. The number of carbonyl (C=O) groups is 1. The fraction of sp³-hybridized carbons (Fsp3) is 0.650. The van der Waals surface area contributed by atoms with Crippen LogP contribution in [-0.2, 0) is 0 Å². The van der Waals surface area contributed by atoms with Gasteiger partial charge >= 0.3 is 5.97 Å². The van der Waals surface area contributed by atoms with Gasteiger partial charge in [-0.1, -0.05) is 82.8 Å². The van der Waals surface area contributed by atoms with Crippen LogP contribution < -0.4 is 0 Å². The van der Waals surface area contributed by atoms with Crippen molar-refractivity contribution in [2.75, 3.05) is 0 Å². The van der Waals surface area contributed by atoms with Gasteiger partial charge in [-0.2, -0.15) is 0 Å². The summed E-state index contributed by atoms with van der Waals surface area (Å²) < 4.78 is 0. The maximum absolute atomic E-state index is 10.4. The number of aryl methyl sites for hydroxylation is 1. The van der Waals surface area contributed by atoms with Crippen molar-refractivity contribution < 1.29 is 15.0 Å². The molecule has 1 aliphatic rings. The number of aromatic carboxylic acids is 1. The standard InChI is InChI=1S/C12H24.C8H8O3/c1-2-3-4-5-6-7-8-9-12-10-11-12;1-5-2-3-7(9)6(4-5)8(10)11/h12H,2-11H2,1H3;2-4,9H,1H3,(H,10,11). The minimum atomic E-state index is -1.11. The summed E-state index contributed by atoms with van der Waals surface area (Å²) in [5.41, 5.74) is 0.769. The summed E-state index contributed by atoms with van der Waals surface area (Å²) in [4.78, 5) is 10.4. The normalized spacial score (nSPS) is 13.3. The quantitative estimate of drug-likeness (QED) is 0.554. The first-order valence-electron chi connectivity index (χ1n) is 9.07. The van der Waals surface area contributed by atoms with E-state index in [9.17, 15) is 4.79 Å². The topological polar surface area (TPSA) is 57.5 Å². The number of hydrogen-bond acceptors (Lipinski definition) is 2. The van der Waals surface area contributed by atoms with Crippen LogP contribution in [0.15, 0.2) is 18.2 Å². The van der Waals surface area contributed by atoms with Crippen LogP contribution in [0.2, 0.25) is 0 Å². The SMILES string of the molecule is CCCCCCCCCC1CC1.Cc1ccc(O)c(C(=O)O)c1. The summed E-state index contributed by atoms with van der Waals surface area (Å²) in [6, 6.07) is 4.46. The van der Waals surface area contributed by atoms with E-state index in [0.29, 0.717) is 0 Å². The molecule has 1 aromatic rings. The lowest BCUT2D eigenvalue weighted by Crippen LogP contribution is -1.96. The molecule has 0 amide bonds. The van der Waals surface area contributed by atoms with E-state index in [-0.39, 0.29) is 11.3 Å². The molecule has 3 nitrogen and oxygen atoms in total. The second-order valence-corrected chi connectivity index (χ2v) is 6.68. The summed E-state index contributed by atoms with van der Waals surface area (Å²) in [7, 11) is 0. The molecule has 1 saturated carbocycles. The molecule has 0 aromatic heterocycles. The summed E-state index contributed by atoms with van der Waals surface area (Å²) in [5, 5.41) is 17.6. The summed E-state index contributed by atoms with van der Waals surface area (Å²) >= 11 is 0. The molecule has 2 rings (SSSR count). The molecular formula is C20H32O3. The zero-order chi connectivity index (χ0) is 17.1. The molecule has 3 heteroatoms. The third-order valence-electron chi connectivity index (χ3n) is 4.30. The van der Waals surface area contributed by atoms with E-state index < -0.39 is 5.97 Å². The molecule has 1 aromatic carbocycles. The Hall–Kier alpha value is -1.51. The van der Waals surface area contributed by atoms with Crippen molar-refractivity contribution in [2.24, 2.45) is 5.92 Å². The molecule has 0 radical (unpaired) electrons. The van der Waals surface area contributed by atoms with Gasteiger partial charge in [-0.05, 0) is 25.0 Å². The molecule has 1 aliphatic carbocycles. The van der Waals surface area contributed by atoms with Gasteiger partial charge in [0.25, 0.3) is 0 Å². The molecule has 0 spiro atoms. The van der Waals surface area contributed by atoms with Gasteiger partial charge in [-0.15, -0.1) is 0 Å². The van der Waals surface area contributed by atoms with Gasteiger partial charge in [0.15, 0.2) is 0 Å². The molecular weight excluding hydrogens is 288 g/mol. The number of unbranched alkanes of at least 4 members (excludes halogenated alkanes) is 6. The van der Waals surface area contributed by atoms with E-state index >= 15 is 0 Å². The Morgan fingerprint density at radius 3 is 2.22 bits per heavy atom. The highest BCUT2D eigenvalue weighted by Crippen LogP contribution is 2.34. The van der Waals surface area contributed by atoms with Crippen LogP contribution in [0.3, 0.4) is 0 Å². The van der Waals surface area contributed by atoms with Crippen molar-refractivity contribution in [3.8, 4) is 5.75 Å². The Morgan fingerprint density at radius 1 is 1.09 bits per heavy atom. The molecule has 130 valence electrons. The van der Waals surface area contributed by atoms with Crippen molar-refractivity contribution in [2.45, 2.75) is 78.1 Å². The van der Waals surface area contributed by atoms with E-state index in [0.717, 1.165) is 11.5 Å². The van der Waals surface area contributed by atoms with Gasteiger partial charge in [0.2, 0.25) is 0 Å². The highest BCUT2D eigenvalue weighted by atomic mass is 16.4. The Morgan fingerprint density at radius 2 is 1.70 bits per heavy atom. The van der Waals surface area contributed by atoms with Crippen molar-refractivity contribution in [1.29, 1.82) is 0 Å². The third-order valence-corrected chi connectivity index (χ3v) is 4.30. The van der Waals surface area contributed by atoms with E-state index in [1.54, 1.807) is 13.0 Å². The van der Waals surface area contributed by atoms with E-state index in [2.05, 4.69) is 6.92 Å². The third kappa shape index (κ3) is 9.27. The van der Waals surface area contributed by atoms with Crippen molar-refractivity contribution in [3.63, 3.8) is 0 Å². The zero-order valence-corrected chi connectivity index (χ0v) is 14.7. The number of carboxylic acids is 1. The Bertz CT molecular complexity index is 464. The number of rotatable bonds is 9. The van der Waals surface area contributed by atoms with Crippen LogP contribution in [0, 0.1) is 12.8 Å². The number of phenols is 1. The molecule has 0 saturated heterocycles. The number of aromatic hydroxyl groups is 1. The molecule has 0 unspecified atom stereocenters. The smallest absolute Gasteiger partial charge is 0.339 e. The van der Waals surface area contributed by atoms with Crippen LogP contribution in [-0.4, -0.2) is 16.2 Å². The fourth-order valence-electron chi connectivity index (χ4n) is 2.62. The van der Waals surface area contributed by atoms with Crippen molar-refractivity contribution >= 4 is 5.97 Å². The molecule has 0 bridgehead atoms. The lowest BCUT2D eigenvalue weighted by atomic mass is 10.1. The van der Waals surface area contributed by atoms with Crippen LogP contribution >= 0.6 is 0 Å². The molecule has 2 N–H and O–H groups in total. The highest BCUT2D eigenvalue weighted by molar-refractivity contribution is 5.90. The summed E-state index contributed by atoms with van der Waals surface area (Å²) in [6.45, 7) is 4.05. The first-order chi connectivity index (χ1) is 11.0. The number of benzene rings is 1. The van der Waals surface area contributed by atoms with Gasteiger partial charge in [-0.25, -0.2) is 4.79 Å². The number of hydrogen-bond donors (Lipinski definition) is 2. The maximum Gasteiger partial charge on any atom is 0.339 e.